The Morgan fingerprint density at radius 2 is 1.50 bits per heavy atom. The van der Waals surface area contributed by atoms with Crippen molar-refractivity contribution >= 4 is 35.4 Å². The molecule has 2 aromatic carbocycles. The molecular formula is C35H50N7O6-. The van der Waals surface area contributed by atoms with E-state index in [0.717, 1.165) is 11.1 Å². The van der Waals surface area contributed by atoms with Crippen molar-refractivity contribution in [3.8, 4) is 0 Å². The number of ketones is 1. The Hall–Kier alpha value is -4.78. The van der Waals surface area contributed by atoms with Gasteiger partial charge in [-0.15, -0.1) is 0 Å². The number of ether oxygens (including phenoxy) is 1. The van der Waals surface area contributed by atoms with E-state index >= 15 is 0 Å². The zero-order valence-electron chi connectivity index (χ0n) is 28.8. The van der Waals surface area contributed by atoms with Gasteiger partial charge >= 0.3 is 6.03 Å². The van der Waals surface area contributed by atoms with Gasteiger partial charge in [-0.1, -0.05) is 94.8 Å². The molecule has 48 heavy (non-hydrogen) atoms. The van der Waals surface area contributed by atoms with Crippen LogP contribution in [0.2, 0.25) is 0 Å². The minimum Gasteiger partial charge on any atom is -0.595 e. The SMILES string of the molecule is CCCC(NC(=O)CNCCCC(C)N=C([O-])OC(C)(C)C)C(=NNC(=O)NC(c1ccccc1)c1ccccc1)C(=O)NCC(C)=O. The van der Waals surface area contributed by atoms with Crippen LogP contribution in [0.15, 0.2) is 70.8 Å². The van der Waals surface area contributed by atoms with Crippen molar-refractivity contribution in [3.63, 3.8) is 0 Å². The summed E-state index contributed by atoms with van der Waals surface area (Å²) in [6.45, 7) is 10.6. The predicted octanol–water partition coefficient (Wildman–Crippen LogP) is 2.71. The Morgan fingerprint density at radius 1 is 0.896 bits per heavy atom. The highest BCUT2D eigenvalue weighted by Crippen LogP contribution is 2.21. The van der Waals surface area contributed by atoms with Crippen LogP contribution in [0.3, 0.4) is 0 Å². The van der Waals surface area contributed by atoms with E-state index in [-0.39, 0.29) is 36.5 Å². The van der Waals surface area contributed by atoms with Gasteiger partial charge in [-0.05, 0) is 50.8 Å². The summed E-state index contributed by atoms with van der Waals surface area (Å²) in [4.78, 5) is 54.8. The van der Waals surface area contributed by atoms with E-state index < -0.39 is 35.7 Å². The number of nitrogens with one attached hydrogen (secondary N) is 5. The van der Waals surface area contributed by atoms with E-state index in [1.54, 1.807) is 20.8 Å². The molecule has 5 N–H and O–H groups in total. The quantitative estimate of drug-likeness (QED) is 0.0702. The molecule has 4 amide bonds. The topological polar surface area (TPSA) is 185 Å². The molecule has 0 saturated carbocycles. The molecule has 0 bridgehead atoms. The molecule has 2 aromatic rings. The van der Waals surface area contributed by atoms with Gasteiger partial charge in [0.15, 0.2) is 0 Å². The maximum atomic E-state index is 13.2. The molecule has 0 radical (unpaired) electrons. The van der Waals surface area contributed by atoms with Crippen LogP contribution >= 0.6 is 0 Å². The van der Waals surface area contributed by atoms with Crippen LogP contribution in [0.5, 0.6) is 0 Å². The van der Waals surface area contributed by atoms with Crippen molar-refractivity contribution in [2.75, 3.05) is 19.6 Å². The molecule has 0 aromatic heterocycles. The molecule has 13 nitrogen and oxygen atoms in total. The molecule has 2 atom stereocenters. The summed E-state index contributed by atoms with van der Waals surface area (Å²) in [5.74, 6) is -1.34. The van der Waals surface area contributed by atoms with Gasteiger partial charge in [0.1, 0.15) is 17.6 Å². The first-order chi connectivity index (χ1) is 22.8. The molecule has 0 aliphatic carbocycles. The van der Waals surface area contributed by atoms with Crippen molar-refractivity contribution in [2.45, 2.75) is 91.0 Å². The molecule has 0 fully saturated rings. The van der Waals surface area contributed by atoms with E-state index in [9.17, 15) is 24.3 Å². The van der Waals surface area contributed by atoms with Crippen LogP contribution < -0.4 is 31.8 Å². The monoisotopic (exact) mass is 664 g/mol. The van der Waals surface area contributed by atoms with E-state index in [1.165, 1.54) is 6.92 Å². The van der Waals surface area contributed by atoms with Gasteiger partial charge in [0, 0.05) is 11.6 Å². The van der Waals surface area contributed by atoms with Gasteiger partial charge in [0.25, 0.3) is 5.91 Å². The van der Waals surface area contributed by atoms with Crippen LogP contribution in [-0.2, 0) is 19.1 Å². The summed E-state index contributed by atoms with van der Waals surface area (Å²) in [5.41, 5.74) is 3.35. The minimum atomic E-state index is -0.844. The van der Waals surface area contributed by atoms with E-state index in [1.807, 2.05) is 74.5 Å². The number of urea groups is 1. The third-order valence-electron chi connectivity index (χ3n) is 6.77. The first kappa shape index (κ1) is 39.4. The fourth-order valence-electron chi connectivity index (χ4n) is 4.58. The smallest absolute Gasteiger partial charge is 0.335 e. The molecule has 0 saturated heterocycles. The van der Waals surface area contributed by atoms with Gasteiger partial charge in [-0.3, -0.25) is 19.4 Å². The second kappa shape index (κ2) is 20.5. The Kier molecular flexibility index (Phi) is 16.8. The zero-order chi connectivity index (χ0) is 35.5. The molecule has 2 unspecified atom stereocenters. The lowest BCUT2D eigenvalue weighted by Gasteiger charge is -2.30. The lowest BCUT2D eigenvalue weighted by atomic mass is 9.99. The number of amides is 4. The van der Waals surface area contributed by atoms with Gasteiger partial charge in [0.05, 0.1) is 25.2 Å². The number of carbonyl (C=O) groups excluding carboxylic acids is 4. The summed E-state index contributed by atoms with van der Waals surface area (Å²) in [6, 6.07) is 16.6. The third-order valence-corrected chi connectivity index (χ3v) is 6.77. The Labute approximate surface area is 283 Å². The molecule has 0 spiro atoms. The Balaban J connectivity index is 2.08. The highest BCUT2D eigenvalue weighted by molar-refractivity contribution is 6.41. The maximum Gasteiger partial charge on any atom is 0.335 e. The number of benzene rings is 2. The number of hydrogen-bond donors (Lipinski definition) is 5. The van der Waals surface area contributed by atoms with Crippen LogP contribution in [-0.4, -0.2) is 72.7 Å². The van der Waals surface area contributed by atoms with Crippen LogP contribution in [0.25, 0.3) is 0 Å². The fraction of sp³-hybridized carbons (Fsp3) is 0.486. The van der Waals surface area contributed by atoms with Crippen molar-refractivity contribution in [3.05, 3.63) is 71.8 Å². The van der Waals surface area contributed by atoms with E-state index in [0.29, 0.717) is 32.2 Å². The zero-order valence-corrected chi connectivity index (χ0v) is 28.8. The van der Waals surface area contributed by atoms with Crippen LogP contribution in [0.1, 0.15) is 84.4 Å². The number of hydrogen-bond acceptors (Lipinski definition) is 9. The van der Waals surface area contributed by atoms with Gasteiger partial charge in [0.2, 0.25) is 5.91 Å². The van der Waals surface area contributed by atoms with Crippen molar-refractivity contribution in [1.29, 1.82) is 0 Å². The lowest BCUT2D eigenvalue weighted by Crippen LogP contribution is -2.51. The van der Waals surface area contributed by atoms with E-state index in [4.69, 9.17) is 4.74 Å². The largest absolute Gasteiger partial charge is 0.595 e. The number of nitrogens with zero attached hydrogens (tertiary/aromatic N) is 2. The number of aliphatic imine (C=N–C) groups is 1. The average molecular weight is 665 g/mol. The first-order valence-corrected chi connectivity index (χ1v) is 16.2. The average Bonchev–Trinajstić information content (AvgIpc) is 3.02. The van der Waals surface area contributed by atoms with E-state index in [2.05, 4.69) is 36.8 Å². The molecule has 0 aliphatic rings. The molecule has 0 aliphatic heterocycles. The Bertz CT molecular complexity index is 1340. The third kappa shape index (κ3) is 15.7. The fourth-order valence-corrected chi connectivity index (χ4v) is 4.58. The number of rotatable bonds is 18. The maximum absolute atomic E-state index is 13.2. The van der Waals surface area contributed by atoms with Gasteiger partial charge in [-0.25, -0.2) is 10.2 Å². The number of hydrazone groups is 1. The second-order valence-corrected chi connectivity index (χ2v) is 12.4. The first-order valence-electron chi connectivity index (χ1n) is 16.2. The Morgan fingerprint density at radius 3 is 2.04 bits per heavy atom. The van der Waals surface area contributed by atoms with Crippen LogP contribution in [0.4, 0.5) is 4.79 Å². The number of carbonyl (C=O) groups is 4. The van der Waals surface area contributed by atoms with Crippen molar-refractivity contribution in [1.82, 2.24) is 26.7 Å². The molecule has 2 rings (SSSR count). The number of Topliss-reactive ketones (excluding diaryl/α,β-unsaturated/α-hetero) is 1. The molecular weight excluding hydrogens is 614 g/mol. The van der Waals surface area contributed by atoms with Gasteiger partial charge in [-0.2, -0.15) is 5.10 Å². The summed E-state index contributed by atoms with van der Waals surface area (Å²) < 4.78 is 5.22. The van der Waals surface area contributed by atoms with Crippen LogP contribution in [0, 0.1) is 0 Å². The summed E-state index contributed by atoms with van der Waals surface area (Å²) in [7, 11) is 0. The summed E-state index contributed by atoms with van der Waals surface area (Å²) >= 11 is 0. The van der Waals surface area contributed by atoms with Crippen molar-refractivity contribution in [2.24, 2.45) is 10.1 Å². The lowest BCUT2D eigenvalue weighted by molar-refractivity contribution is -0.260. The molecule has 262 valence electrons. The van der Waals surface area contributed by atoms with Crippen molar-refractivity contribution < 1.29 is 29.0 Å². The summed E-state index contributed by atoms with van der Waals surface area (Å²) in [5, 5.41) is 27.3. The minimum absolute atomic E-state index is 0.0378. The second-order valence-electron chi connectivity index (χ2n) is 12.4. The normalized spacial score (nSPS) is 13.3. The standard InChI is InChI=1S/C35H51N7O6/c1-7-15-28(39-29(44)23-36-21-14-16-24(2)38-34(47)48-35(4,5)6)31(32(45)37-22-25(3)43)41-42-33(46)40-30(26-17-10-8-11-18-26)27-19-12-9-13-20-27/h8-13,17-20,24,28,30,36H,7,14-16,21-23H2,1-6H3,(H,37,45)(H,38,47)(H,39,44)(H2,40,42,46)/p-1. The highest BCUT2D eigenvalue weighted by atomic mass is 16.6. The van der Waals surface area contributed by atoms with Gasteiger partial charge < -0.3 is 31.1 Å². The summed E-state index contributed by atoms with van der Waals surface area (Å²) in [6.07, 6.45) is 1.61. The predicted molar refractivity (Wildman–Crippen MR) is 184 cm³/mol. The molecule has 0 heterocycles. The molecule has 13 heteroatoms. The highest BCUT2D eigenvalue weighted by Gasteiger charge is 2.25.